The van der Waals surface area contributed by atoms with Gasteiger partial charge in [0, 0.05) is 6.04 Å². The van der Waals surface area contributed by atoms with Crippen LogP contribution < -0.4 is 11.1 Å². The van der Waals surface area contributed by atoms with Crippen molar-refractivity contribution in [2.75, 3.05) is 6.54 Å². The molecular formula is C8H15N3O4. The quantitative estimate of drug-likeness (QED) is 0.491. The van der Waals surface area contributed by atoms with Crippen LogP contribution in [0.15, 0.2) is 0 Å². The summed E-state index contributed by atoms with van der Waals surface area (Å²) >= 11 is 0. The zero-order valence-corrected chi connectivity index (χ0v) is 8.35. The summed E-state index contributed by atoms with van der Waals surface area (Å²) in [5, 5.41) is 12.1. The second kappa shape index (κ2) is 5.50. The van der Waals surface area contributed by atoms with Gasteiger partial charge in [-0.2, -0.15) is 0 Å². The van der Waals surface area contributed by atoms with E-state index in [9.17, 15) is 14.9 Å². The van der Waals surface area contributed by atoms with E-state index >= 15 is 0 Å². The first-order chi connectivity index (χ1) is 7.11. The lowest BCUT2D eigenvalue weighted by atomic mass is 9.93. The van der Waals surface area contributed by atoms with Crippen molar-refractivity contribution >= 4 is 5.91 Å². The fourth-order valence-corrected chi connectivity index (χ4v) is 1.72. The molecule has 7 nitrogen and oxygen atoms in total. The maximum atomic E-state index is 11.0. The maximum Gasteiger partial charge on any atom is 0.294 e. The monoisotopic (exact) mass is 217 g/mol. The fourth-order valence-electron chi connectivity index (χ4n) is 1.72. The topological polar surface area (TPSA) is 107 Å². The highest BCUT2D eigenvalue weighted by molar-refractivity contribution is 5.78. The molecule has 0 heterocycles. The molecule has 1 saturated carbocycles. The Morgan fingerprint density at radius 2 is 2.07 bits per heavy atom. The Morgan fingerprint density at radius 1 is 1.47 bits per heavy atom. The lowest BCUT2D eigenvalue weighted by molar-refractivity contribution is -0.769. The molecule has 1 fully saturated rings. The molecule has 15 heavy (non-hydrogen) atoms. The van der Waals surface area contributed by atoms with Gasteiger partial charge in [0.05, 0.1) is 6.54 Å². The average molecular weight is 217 g/mol. The Labute approximate surface area is 87.1 Å². The molecular weight excluding hydrogens is 202 g/mol. The summed E-state index contributed by atoms with van der Waals surface area (Å²) < 4.78 is 0. The van der Waals surface area contributed by atoms with Gasteiger partial charge in [0.25, 0.3) is 5.09 Å². The van der Waals surface area contributed by atoms with Crippen LogP contribution in [0, 0.1) is 10.1 Å². The van der Waals surface area contributed by atoms with Crippen LogP contribution in [0.2, 0.25) is 0 Å². The van der Waals surface area contributed by atoms with Crippen molar-refractivity contribution in [2.24, 2.45) is 5.73 Å². The van der Waals surface area contributed by atoms with Crippen LogP contribution in [0.25, 0.3) is 0 Å². The van der Waals surface area contributed by atoms with Crippen LogP contribution >= 0.6 is 0 Å². The van der Waals surface area contributed by atoms with Crippen molar-refractivity contribution in [3.8, 4) is 0 Å². The number of hydrogen-bond acceptors (Lipinski definition) is 5. The van der Waals surface area contributed by atoms with Gasteiger partial charge in [-0.15, -0.1) is 10.1 Å². The summed E-state index contributed by atoms with van der Waals surface area (Å²) in [6, 6.07) is 0.0765. The van der Waals surface area contributed by atoms with E-state index in [1.807, 2.05) is 0 Å². The summed E-state index contributed by atoms with van der Waals surface area (Å²) in [4.78, 5) is 25.5. The summed E-state index contributed by atoms with van der Waals surface area (Å²) in [6.45, 7) is -0.0225. The van der Waals surface area contributed by atoms with Gasteiger partial charge in [0.2, 0.25) is 5.91 Å². The Bertz CT molecular complexity index is 238. The Kier molecular flexibility index (Phi) is 4.29. The van der Waals surface area contributed by atoms with Gasteiger partial charge in [0.15, 0.2) is 0 Å². The third-order valence-electron chi connectivity index (χ3n) is 2.46. The minimum Gasteiger partial charge on any atom is -0.352 e. The van der Waals surface area contributed by atoms with E-state index in [1.165, 1.54) is 0 Å². The summed E-state index contributed by atoms with van der Waals surface area (Å²) in [7, 11) is 0. The largest absolute Gasteiger partial charge is 0.352 e. The standard InChI is InChI=1S/C8H15N3O4/c9-5-8(12)10-6-1-3-7(4-2-6)15-11(13)14/h6-7H,1-5,9H2,(H,10,12). The molecule has 1 rings (SSSR count). The van der Waals surface area contributed by atoms with E-state index in [-0.39, 0.29) is 24.6 Å². The SMILES string of the molecule is NCC(=O)NC1CCC(O[N+](=O)[O-])CC1. The molecule has 0 aromatic carbocycles. The molecule has 0 atom stereocenters. The summed E-state index contributed by atoms with van der Waals surface area (Å²) in [5.74, 6) is -0.186. The predicted molar refractivity (Wildman–Crippen MR) is 51.3 cm³/mol. The van der Waals surface area contributed by atoms with Gasteiger partial charge in [-0.05, 0) is 25.7 Å². The molecule has 0 unspecified atom stereocenters. The van der Waals surface area contributed by atoms with Crippen LogP contribution in [0.5, 0.6) is 0 Å². The van der Waals surface area contributed by atoms with Crippen molar-refractivity contribution < 1.29 is 14.7 Å². The molecule has 1 aliphatic carbocycles. The Balaban J connectivity index is 2.23. The predicted octanol–water partition coefficient (Wildman–Crippen LogP) is -0.419. The second-order valence-corrected chi connectivity index (χ2v) is 3.57. The first kappa shape index (κ1) is 11.7. The van der Waals surface area contributed by atoms with Crippen LogP contribution in [0.4, 0.5) is 0 Å². The molecule has 1 aliphatic rings. The van der Waals surface area contributed by atoms with Gasteiger partial charge in [-0.25, -0.2) is 0 Å². The number of amides is 1. The molecule has 0 spiro atoms. The number of nitrogens with two attached hydrogens (primary N) is 1. The molecule has 1 amide bonds. The molecule has 0 aromatic rings. The Hall–Kier alpha value is -1.37. The zero-order chi connectivity index (χ0) is 11.3. The molecule has 0 bridgehead atoms. The van der Waals surface area contributed by atoms with E-state index in [0.717, 1.165) is 0 Å². The normalized spacial score (nSPS) is 25.7. The zero-order valence-electron chi connectivity index (χ0n) is 8.35. The van der Waals surface area contributed by atoms with Gasteiger partial charge < -0.3 is 15.9 Å². The van der Waals surface area contributed by atoms with Crippen LogP contribution in [-0.2, 0) is 9.63 Å². The van der Waals surface area contributed by atoms with Gasteiger partial charge in [-0.3, -0.25) is 4.79 Å². The van der Waals surface area contributed by atoms with Crippen molar-refractivity contribution in [2.45, 2.75) is 37.8 Å². The summed E-state index contributed by atoms with van der Waals surface area (Å²) in [6.07, 6.45) is 2.26. The van der Waals surface area contributed by atoms with Crippen molar-refractivity contribution in [1.29, 1.82) is 0 Å². The smallest absolute Gasteiger partial charge is 0.294 e. The van der Waals surface area contributed by atoms with Crippen LogP contribution in [0.1, 0.15) is 25.7 Å². The highest BCUT2D eigenvalue weighted by Crippen LogP contribution is 2.21. The molecule has 0 saturated heterocycles. The van der Waals surface area contributed by atoms with E-state index < -0.39 is 5.09 Å². The van der Waals surface area contributed by atoms with Crippen molar-refractivity contribution in [1.82, 2.24) is 5.32 Å². The van der Waals surface area contributed by atoms with Crippen LogP contribution in [0.3, 0.4) is 0 Å². The molecule has 0 radical (unpaired) electrons. The van der Waals surface area contributed by atoms with E-state index in [4.69, 9.17) is 5.73 Å². The number of rotatable bonds is 4. The summed E-state index contributed by atoms with van der Waals surface area (Å²) in [5.41, 5.74) is 5.16. The minimum absolute atomic E-state index is 0.0225. The third kappa shape index (κ3) is 4.11. The molecule has 0 aromatic heterocycles. The molecule has 3 N–H and O–H groups in total. The second-order valence-electron chi connectivity index (χ2n) is 3.57. The highest BCUT2D eigenvalue weighted by atomic mass is 17.0. The van der Waals surface area contributed by atoms with Gasteiger partial charge in [0.1, 0.15) is 6.10 Å². The molecule has 0 aliphatic heterocycles. The van der Waals surface area contributed by atoms with E-state index in [2.05, 4.69) is 10.2 Å². The first-order valence-electron chi connectivity index (χ1n) is 4.92. The number of nitrogens with one attached hydrogen (secondary N) is 1. The van der Waals surface area contributed by atoms with Gasteiger partial charge >= 0.3 is 0 Å². The Morgan fingerprint density at radius 3 is 2.53 bits per heavy atom. The number of nitrogens with zero attached hydrogens (tertiary/aromatic N) is 1. The number of carbonyl (C=O) groups is 1. The first-order valence-corrected chi connectivity index (χ1v) is 4.92. The van der Waals surface area contributed by atoms with Crippen molar-refractivity contribution in [3.63, 3.8) is 0 Å². The third-order valence-corrected chi connectivity index (χ3v) is 2.46. The van der Waals surface area contributed by atoms with Crippen LogP contribution in [-0.4, -0.2) is 29.7 Å². The lowest BCUT2D eigenvalue weighted by Crippen LogP contribution is -2.42. The number of hydrogen-bond donors (Lipinski definition) is 2. The molecule has 86 valence electrons. The molecule has 7 heteroatoms. The fraction of sp³-hybridized carbons (Fsp3) is 0.875. The maximum absolute atomic E-state index is 11.0. The highest BCUT2D eigenvalue weighted by Gasteiger charge is 2.24. The number of carbonyl (C=O) groups excluding carboxylic acids is 1. The van der Waals surface area contributed by atoms with Gasteiger partial charge in [-0.1, -0.05) is 0 Å². The lowest BCUT2D eigenvalue weighted by Gasteiger charge is -2.27. The minimum atomic E-state index is -0.760. The van der Waals surface area contributed by atoms with Crippen molar-refractivity contribution in [3.05, 3.63) is 10.1 Å². The van der Waals surface area contributed by atoms with E-state index in [0.29, 0.717) is 25.7 Å². The van der Waals surface area contributed by atoms with E-state index in [1.54, 1.807) is 0 Å². The average Bonchev–Trinajstić information content (AvgIpc) is 2.20.